The van der Waals surface area contributed by atoms with Gasteiger partial charge in [-0.2, -0.15) is 23.0 Å². The third-order valence-electron chi connectivity index (χ3n) is 3.01. The molecule has 2 rings (SSSR count). The summed E-state index contributed by atoms with van der Waals surface area (Å²) in [5.74, 6) is -1.00. The predicted molar refractivity (Wildman–Crippen MR) is 73.5 cm³/mol. The average molecular weight is 331 g/mol. The normalized spacial score (nSPS) is 11.5. The Balaban J connectivity index is 2.41. The van der Waals surface area contributed by atoms with Gasteiger partial charge in [-0.3, -0.25) is 9.59 Å². The summed E-state index contributed by atoms with van der Waals surface area (Å²) in [6.45, 7) is 1.75. The Bertz CT molecular complexity index is 721. The van der Waals surface area contributed by atoms with Gasteiger partial charge in [-0.05, 0) is 36.2 Å². The molecule has 0 saturated carbocycles. The van der Waals surface area contributed by atoms with E-state index in [2.05, 4.69) is 5.10 Å². The molecule has 0 aliphatic rings. The van der Waals surface area contributed by atoms with Gasteiger partial charge in [-0.25, -0.2) is 0 Å². The van der Waals surface area contributed by atoms with Gasteiger partial charge in [0.2, 0.25) is 0 Å². The summed E-state index contributed by atoms with van der Waals surface area (Å²) in [4.78, 5) is 22.6. The highest BCUT2D eigenvalue weighted by atomic mass is 35.5. The van der Waals surface area contributed by atoms with Gasteiger partial charge < -0.3 is 0 Å². The minimum absolute atomic E-state index is 0.289. The first-order chi connectivity index (χ1) is 10.2. The highest BCUT2D eigenvalue weighted by molar-refractivity contribution is 6.81. The molecule has 1 heterocycles. The number of alkyl halides is 3. The molecule has 0 unspecified atom stereocenters. The standard InChI is InChI=1S/C14H10ClF3N2O2/c1-2-10-7-11(19-20(10)13(22)12(15)21)8-3-5-9(6-4-8)14(16,17)18/h3-7H,2H2,1H3. The van der Waals surface area contributed by atoms with Crippen LogP contribution < -0.4 is 0 Å². The molecule has 0 spiro atoms. The summed E-state index contributed by atoms with van der Waals surface area (Å²) in [7, 11) is 0. The molecule has 0 aliphatic carbocycles. The molecule has 0 bridgehead atoms. The molecular formula is C14H10ClF3N2O2. The number of aromatic nitrogens is 2. The number of aryl methyl sites for hydroxylation is 1. The largest absolute Gasteiger partial charge is 0.416 e. The van der Waals surface area contributed by atoms with Crippen LogP contribution in [-0.2, 0) is 17.4 Å². The molecule has 1 aromatic carbocycles. The number of halogens is 4. The molecular weight excluding hydrogens is 321 g/mol. The van der Waals surface area contributed by atoms with Crippen LogP contribution in [0.2, 0.25) is 0 Å². The van der Waals surface area contributed by atoms with Crippen LogP contribution in [0, 0.1) is 0 Å². The molecule has 0 atom stereocenters. The van der Waals surface area contributed by atoms with E-state index in [-0.39, 0.29) is 5.69 Å². The summed E-state index contributed by atoms with van der Waals surface area (Å²) in [6, 6.07) is 5.88. The maximum absolute atomic E-state index is 12.5. The zero-order chi connectivity index (χ0) is 16.5. The van der Waals surface area contributed by atoms with Crippen molar-refractivity contribution in [3.8, 4) is 11.3 Å². The number of benzene rings is 1. The van der Waals surface area contributed by atoms with Gasteiger partial charge in [0.1, 0.15) is 0 Å². The van der Waals surface area contributed by atoms with Gasteiger partial charge >= 0.3 is 17.3 Å². The number of nitrogens with zero attached hydrogens (tertiary/aromatic N) is 2. The predicted octanol–water partition coefficient (Wildman–Crippen LogP) is 3.54. The second kappa shape index (κ2) is 5.92. The van der Waals surface area contributed by atoms with Crippen LogP contribution in [-0.4, -0.2) is 20.9 Å². The lowest BCUT2D eigenvalue weighted by molar-refractivity contribution is -0.137. The average Bonchev–Trinajstić information content (AvgIpc) is 2.89. The zero-order valence-corrected chi connectivity index (χ0v) is 12.1. The topological polar surface area (TPSA) is 52.0 Å². The lowest BCUT2D eigenvalue weighted by Gasteiger charge is -2.06. The molecule has 116 valence electrons. The number of hydrogen-bond acceptors (Lipinski definition) is 3. The molecule has 4 nitrogen and oxygen atoms in total. The van der Waals surface area contributed by atoms with Gasteiger partial charge in [0.25, 0.3) is 0 Å². The fourth-order valence-electron chi connectivity index (χ4n) is 1.90. The molecule has 0 N–H and O–H groups in total. The van der Waals surface area contributed by atoms with Gasteiger partial charge in [-0.15, -0.1) is 0 Å². The van der Waals surface area contributed by atoms with Gasteiger partial charge in [0.05, 0.1) is 11.3 Å². The van der Waals surface area contributed by atoms with E-state index in [4.69, 9.17) is 11.6 Å². The number of rotatable bonds is 3. The van der Waals surface area contributed by atoms with Crippen LogP contribution in [0.1, 0.15) is 23.0 Å². The van der Waals surface area contributed by atoms with Crippen molar-refractivity contribution in [1.29, 1.82) is 0 Å². The van der Waals surface area contributed by atoms with Crippen molar-refractivity contribution < 1.29 is 22.8 Å². The van der Waals surface area contributed by atoms with Crippen LogP contribution in [0.3, 0.4) is 0 Å². The first-order valence-corrected chi connectivity index (χ1v) is 6.62. The van der Waals surface area contributed by atoms with Crippen LogP contribution in [0.5, 0.6) is 0 Å². The Morgan fingerprint density at radius 2 is 1.82 bits per heavy atom. The summed E-state index contributed by atoms with van der Waals surface area (Å²) < 4.78 is 38.4. The summed E-state index contributed by atoms with van der Waals surface area (Å²) in [6.07, 6.45) is -4.02. The van der Waals surface area contributed by atoms with E-state index in [0.717, 1.165) is 16.8 Å². The van der Waals surface area contributed by atoms with Crippen molar-refractivity contribution in [1.82, 2.24) is 9.78 Å². The quantitative estimate of drug-likeness (QED) is 0.639. The smallest absolute Gasteiger partial charge is 0.270 e. The molecule has 22 heavy (non-hydrogen) atoms. The van der Waals surface area contributed by atoms with E-state index < -0.39 is 22.9 Å². The minimum Gasteiger partial charge on any atom is -0.270 e. The molecule has 1 aromatic heterocycles. The van der Waals surface area contributed by atoms with Gasteiger partial charge in [0, 0.05) is 11.3 Å². The van der Waals surface area contributed by atoms with Crippen molar-refractivity contribution in [2.45, 2.75) is 19.5 Å². The molecule has 0 fully saturated rings. The summed E-state index contributed by atoms with van der Waals surface area (Å²) >= 11 is 5.14. The SMILES string of the molecule is CCc1cc(-c2ccc(C(F)(F)F)cc2)nn1C(=O)C(=O)Cl. The Morgan fingerprint density at radius 3 is 2.27 bits per heavy atom. The monoisotopic (exact) mass is 330 g/mol. The van der Waals surface area contributed by atoms with Crippen molar-refractivity contribution >= 4 is 22.8 Å². The second-order valence-electron chi connectivity index (χ2n) is 4.44. The maximum Gasteiger partial charge on any atom is 0.416 e. The Morgan fingerprint density at radius 1 is 1.23 bits per heavy atom. The van der Waals surface area contributed by atoms with E-state index in [0.29, 0.717) is 17.7 Å². The van der Waals surface area contributed by atoms with Crippen molar-refractivity contribution in [2.24, 2.45) is 0 Å². The summed E-state index contributed by atoms with van der Waals surface area (Å²) in [5, 5.41) is 2.76. The Kier molecular flexibility index (Phi) is 4.37. The summed E-state index contributed by atoms with van der Waals surface area (Å²) in [5.41, 5.74) is 0.348. The lowest BCUT2D eigenvalue weighted by Crippen LogP contribution is -2.20. The fourth-order valence-corrected chi connectivity index (χ4v) is 1.98. The van der Waals surface area contributed by atoms with Gasteiger partial charge in [-0.1, -0.05) is 19.1 Å². The van der Waals surface area contributed by atoms with E-state index in [9.17, 15) is 22.8 Å². The van der Waals surface area contributed by atoms with Crippen LogP contribution >= 0.6 is 11.6 Å². The molecule has 0 amide bonds. The van der Waals surface area contributed by atoms with Crippen molar-refractivity contribution in [3.05, 3.63) is 41.6 Å². The molecule has 0 aliphatic heterocycles. The molecule has 8 heteroatoms. The van der Waals surface area contributed by atoms with E-state index in [1.165, 1.54) is 18.2 Å². The van der Waals surface area contributed by atoms with Gasteiger partial charge in [0.15, 0.2) is 0 Å². The first-order valence-electron chi connectivity index (χ1n) is 6.24. The Labute approximate surface area is 128 Å². The van der Waals surface area contributed by atoms with Crippen LogP contribution in [0.4, 0.5) is 13.2 Å². The fraction of sp³-hybridized carbons (Fsp3) is 0.214. The molecule has 2 aromatic rings. The third-order valence-corrected chi connectivity index (χ3v) is 3.18. The van der Waals surface area contributed by atoms with E-state index in [1.54, 1.807) is 6.92 Å². The second-order valence-corrected chi connectivity index (χ2v) is 4.78. The highest BCUT2D eigenvalue weighted by Gasteiger charge is 2.30. The minimum atomic E-state index is -4.42. The van der Waals surface area contributed by atoms with Crippen molar-refractivity contribution in [3.63, 3.8) is 0 Å². The number of carbonyl (C=O) groups excluding carboxylic acids is 2. The van der Waals surface area contributed by atoms with Crippen LogP contribution in [0.15, 0.2) is 30.3 Å². The third kappa shape index (κ3) is 3.19. The Hall–Kier alpha value is -2.15. The first kappa shape index (κ1) is 16.2. The molecule has 0 saturated heterocycles. The van der Waals surface area contributed by atoms with E-state index >= 15 is 0 Å². The molecule has 0 radical (unpaired) electrons. The van der Waals surface area contributed by atoms with Crippen molar-refractivity contribution in [2.75, 3.05) is 0 Å². The van der Waals surface area contributed by atoms with Crippen LogP contribution in [0.25, 0.3) is 11.3 Å². The lowest BCUT2D eigenvalue weighted by atomic mass is 10.1. The van der Waals surface area contributed by atoms with E-state index in [1.807, 2.05) is 0 Å². The highest BCUT2D eigenvalue weighted by Crippen LogP contribution is 2.30. The maximum atomic E-state index is 12.5. The zero-order valence-electron chi connectivity index (χ0n) is 11.3. The number of hydrogen-bond donors (Lipinski definition) is 0. The number of carbonyl (C=O) groups is 2.